The summed E-state index contributed by atoms with van der Waals surface area (Å²) in [4.78, 5) is 6.93. The van der Waals surface area contributed by atoms with Gasteiger partial charge in [0.1, 0.15) is 5.82 Å². The number of nitrogens with one attached hydrogen (secondary N) is 1. The van der Waals surface area contributed by atoms with E-state index in [1.807, 2.05) is 12.3 Å². The van der Waals surface area contributed by atoms with Gasteiger partial charge in [-0.1, -0.05) is 0 Å². The second-order valence-corrected chi connectivity index (χ2v) is 6.12. The number of rotatable bonds is 4. The van der Waals surface area contributed by atoms with E-state index in [1.165, 1.54) is 19.4 Å². The summed E-state index contributed by atoms with van der Waals surface area (Å²) < 4.78 is 1.09. The first-order chi connectivity index (χ1) is 8.68. The molecule has 1 fully saturated rings. The summed E-state index contributed by atoms with van der Waals surface area (Å²) in [5.74, 6) is 1.80. The van der Waals surface area contributed by atoms with Gasteiger partial charge in [-0.3, -0.25) is 0 Å². The van der Waals surface area contributed by atoms with E-state index < -0.39 is 0 Å². The Kier molecular flexibility index (Phi) is 5.01. The van der Waals surface area contributed by atoms with E-state index in [-0.39, 0.29) is 0 Å². The third kappa shape index (κ3) is 3.45. The lowest BCUT2D eigenvalue weighted by atomic mass is 9.98. The zero-order valence-electron chi connectivity index (χ0n) is 11.2. The third-order valence-electron chi connectivity index (χ3n) is 3.49. The molecular weight excluding hydrogens is 290 g/mol. The minimum atomic E-state index is 0.470. The number of hydrogen-bond acceptors (Lipinski definition) is 3. The van der Waals surface area contributed by atoms with Crippen LogP contribution in [0.15, 0.2) is 22.8 Å². The quantitative estimate of drug-likeness (QED) is 0.926. The fourth-order valence-electron chi connectivity index (χ4n) is 2.49. The Morgan fingerprint density at radius 2 is 2.39 bits per heavy atom. The molecule has 0 aromatic carbocycles. The highest BCUT2D eigenvalue weighted by Gasteiger charge is 2.21. The third-order valence-corrected chi connectivity index (χ3v) is 4.11. The van der Waals surface area contributed by atoms with E-state index in [4.69, 9.17) is 0 Å². The Balaban J connectivity index is 2.10. The van der Waals surface area contributed by atoms with Crippen LogP contribution in [-0.4, -0.2) is 30.7 Å². The van der Waals surface area contributed by atoms with Gasteiger partial charge in [-0.15, -0.1) is 0 Å². The van der Waals surface area contributed by atoms with Gasteiger partial charge in [0.25, 0.3) is 0 Å². The SMILES string of the molecule is CC(C)N(CC1CCCNC1)c1ncccc1Br. The summed E-state index contributed by atoms with van der Waals surface area (Å²) in [5, 5.41) is 3.49. The zero-order valence-corrected chi connectivity index (χ0v) is 12.8. The van der Waals surface area contributed by atoms with Crippen LogP contribution in [0.2, 0.25) is 0 Å². The molecule has 1 saturated heterocycles. The molecule has 2 heterocycles. The molecule has 100 valence electrons. The van der Waals surface area contributed by atoms with E-state index >= 15 is 0 Å². The van der Waals surface area contributed by atoms with Crippen LogP contribution >= 0.6 is 15.9 Å². The predicted octanol–water partition coefficient (Wildman–Crippen LogP) is 3.06. The number of piperidine rings is 1. The highest BCUT2D eigenvalue weighted by Crippen LogP contribution is 2.26. The monoisotopic (exact) mass is 311 g/mol. The maximum atomic E-state index is 4.52. The number of hydrogen-bond donors (Lipinski definition) is 1. The molecule has 0 saturated carbocycles. The standard InChI is InChI=1S/C14H22BrN3/c1-11(2)18(10-12-5-3-7-16-9-12)14-13(15)6-4-8-17-14/h4,6,8,11-12,16H,3,5,7,9-10H2,1-2H3. The van der Waals surface area contributed by atoms with Crippen molar-refractivity contribution in [1.29, 1.82) is 0 Å². The summed E-state index contributed by atoms with van der Waals surface area (Å²) in [6, 6.07) is 4.50. The first-order valence-corrected chi connectivity index (χ1v) is 7.55. The van der Waals surface area contributed by atoms with E-state index in [0.29, 0.717) is 6.04 Å². The molecule has 0 bridgehead atoms. The first kappa shape index (κ1) is 13.8. The minimum absolute atomic E-state index is 0.470. The van der Waals surface area contributed by atoms with Crippen LogP contribution in [0.5, 0.6) is 0 Å². The number of nitrogens with zero attached hydrogens (tertiary/aromatic N) is 2. The van der Waals surface area contributed by atoms with Gasteiger partial charge in [0.15, 0.2) is 0 Å². The van der Waals surface area contributed by atoms with Crippen LogP contribution in [0.3, 0.4) is 0 Å². The smallest absolute Gasteiger partial charge is 0.143 e. The fraction of sp³-hybridized carbons (Fsp3) is 0.643. The van der Waals surface area contributed by atoms with Gasteiger partial charge in [0.05, 0.1) is 4.47 Å². The normalized spacial score (nSPS) is 20.1. The van der Waals surface area contributed by atoms with Crippen molar-refractivity contribution in [3.05, 3.63) is 22.8 Å². The molecule has 0 aliphatic carbocycles. The van der Waals surface area contributed by atoms with Crippen LogP contribution < -0.4 is 10.2 Å². The largest absolute Gasteiger partial charge is 0.353 e. The summed E-state index contributed by atoms with van der Waals surface area (Å²) in [6.45, 7) is 7.86. The molecule has 1 N–H and O–H groups in total. The fourth-order valence-corrected chi connectivity index (χ4v) is 2.97. The highest BCUT2D eigenvalue weighted by molar-refractivity contribution is 9.10. The Morgan fingerprint density at radius 3 is 3.00 bits per heavy atom. The lowest BCUT2D eigenvalue weighted by Gasteiger charge is -2.34. The van der Waals surface area contributed by atoms with Crippen molar-refractivity contribution in [2.24, 2.45) is 5.92 Å². The van der Waals surface area contributed by atoms with Gasteiger partial charge in [-0.2, -0.15) is 0 Å². The molecule has 1 aliphatic rings. The number of halogens is 1. The zero-order chi connectivity index (χ0) is 13.0. The molecule has 0 radical (unpaired) electrons. The molecule has 4 heteroatoms. The van der Waals surface area contributed by atoms with Gasteiger partial charge in [-0.25, -0.2) is 4.98 Å². The van der Waals surface area contributed by atoms with Crippen molar-refractivity contribution < 1.29 is 0 Å². The second kappa shape index (κ2) is 6.53. The lowest BCUT2D eigenvalue weighted by Crippen LogP contribution is -2.41. The average molecular weight is 312 g/mol. The minimum Gasteiger partial charge on any atom is -0.353 e. The molecular formula is C14H22BrN3. The van der Waals surface area contributed by atoms with E-state index in [1.54, 1.807) is 0 Å². The maximum Gasteiger partial charge on any atom is 0.143 e. The van der Waals surface area contributed by atoms with Gasteiger partial charge < -0.3 is 10.2 Å². The van der Waals surface area contributed by atoms with Crippen LogP contribution in [-0.2, 0) is 0 Å². The molecule has 0 amide bonds. The van der Waals surface area contributed by atoms with Gasteiger partial charge in [-0.05, 0) is 73.8 Å². The molecule has 0 spiro atoms. The molecule has 1 atom stereocenters. The summed E-state index contributed by atoms with van der Waals surface area (Å²) in [5.41, 5.74) is 0. The molecule has 1 aromatic rings. The van der Waals surface area contributed by atoms with E-state index in [2.05, 4.69) is 51.0 Å². The van der Waals surface area contributed by atoms with Crippen molar-refractivity contribution in [1.82, 2.24) is 10.3 Å². The molecule has 18 heavy (non-hydrogen) atoms. The molecule has 2 rings (SSSR count). The van der Waals surface area contributed by atoms with Gasteiger partial charge >= 0.3 is 0 Å². The van der Waals surface area contributed by atoms with Crippen molar-refractivity contribution in [2.75, 3.05) is 24.5 Å². The van der Waals surface area contributed by atoms with Gasteiger partial charge in [0.2, 0.25) is 0 Å². The molecule has 3 nitrogen and oxygen atoms in total. The summed E-state index contributed by atoms with van der Waals surface area (Å²) in [6.07, 6.45) is 4.48. The number of anilines is 1. The number of aromatic nitrogens is 1. The van der Waals surface area contributed by atoms with Crippen molar-refractivity contribution in [3.63, 3.8) is 0 Å². The second-order valence-electron chi connectivity index (χ2n) is 5.27. The molecule has 1 unspecified atom stereocenters. The Morgan fingerprint density at radius 1 is 1.56 bits per heavy atom. The Hall–Kier alpha value is -0.610. The van der Waals surface area contributed by atoms with Crippen molar-refractivity contribution in [2.45, 2.75) is 32.7 Å². The number of pyridine rings is 1. The summed E-state index contributed by atoms with van der Waals surface area (Å²) >= 11 is 3.61. The first-order valence-electron chi connectivity index (χ1n) is 6.76. The van der Waals surface area contributed by atoms with Crippen LogP contribution in [0.4, 0.5) is 5.82 Å². The highest BCUT2D eigenvalue weighted by atomic mass is 79.9. The molecule has 1 aliphatic heterocycles. The van der Waals surface area contributed by atoms with E-state index in [0.717, 1.165) is 29.3 Å². The van der Waals surface area contributed by atoms with Crippen LogP contribution in [0.1, 0.15) is 26.7 Å². The van der Waals surface area contributed by atoms with Crippen LogP contribution in [0.25, 0.3) is 0 Å². The van der Waals surface area contributed by atoms with Crippen molar-refractivity contribution >= 4 is 21.7 Å². The Bertz CT molecular complexity index is 375. The van der Waals surface area contributed by atoms with Crippen molar-refractivity contribution in [3.8, 4) is 0 Å². The van der Waals surface area contributed by atoms with Gasteiger partial charge in [0, 0.05) is 18.8 Å². The van der Waals surface area contributed by atoms with E-state index in [9.17, 15) is 0 Å². The van der Waals surface area contributed by atoms with Crippen LogP contribution in [0, 0.1) is 5.92 Å². The summed E-state index contributed by atoms with van der Waals surface area (Å²) in [7, 11) is 0. The Labute approximate surface area is 118 Å². The maximum absolute atomic E-state index is 4.52. The topological polar surface area (TPSA) is 28.2 Å². The average Bonchev–Trinajstić information content (AvgIpc) is 2.38. The predicted molar refractivity (Wildman–Crippen MR) is 80.0 cm³/mol. The lowest BCUT2D eigenvalue weighted by molar-refractivity contribution is 0.370. The molecule has 1 aromatic heterocycles.